The van der Waals surface area contributed by atoms with Crippen molar-refractivity contribution in [3.63, 3.8) is 0 Å². The summed E-state index contributed by atoms with van der Waals surface area (Å²) in [5, 5.41) is 0. The van der Waals surface area contributed by atoms with Crippen LogP contribution in [-0.4, -0.2) is 31.6 Å². The molecule has 2 N–H and O–H groups in total. The largest absolute Gasteiger partial charge is 0.330 e. The molecule has 0 saturated carbocycles. The molecule has 0 amide bonds. The third-order valence-electron chi connectivity index (χ3n) is 2.19. The minimum absolute atomic E-state index is 0.658. The normalized spacial score (nSPS) is 12.9. The Morgan fingerprint density at radius 1 is 1.58 bits per heavy atom. The number of rotatable bonds is 6. The standard InChI is InChI=1S/C10H20N2/c1-4-7-12(3)8-6-10(5-2)9-11/h1,10H,5-9,11H2,2-3H3. The zero-order valence-corrected chi connectivity index (χ0v) is 8.21. The van der Waals surface area contributed by atoms with E-state index in [0.717, 1.165) is 26.1 Å². The predicted molar refractivity (Wildman–Crippen MR) is 53.8 cm³/mol. The Morgan fingerprint density at radius 3 is 2.67 bits per heavy atom. The van der Waals surface area contributed by atoms with E-state index >= 15 is 0 Å². The van der Waals surface area contributed by atoms with Crippen LogP contribution in [0.25, 0.3) is 0 Å². The molecule has 0 heterocycles. The Hall–Kier alpha value is -0.520. The van der Waals surface area contributed by atoms with Gasteiger partial charge in [0.25, 0.3) is 0 Å². The van der Waals surface area contributed by atoms with E-state index < -0.39 is 0 Å². The highest BCUT2D eigenvalue weighted by Crippen LogP contribution is 2.05. The first-order valence-corrected chi connectivity index (χ1v) is 4.56. The van der Waals surface area contributed by atoms with Gasteiger partial charge in [0.05, 0.1) is 6.54 Å². The smallest absolute Gasteiger partial charge is 0.0596 e. The van der Waals surface area contributed by atoms with Gasteiger partial charge in [-0.05, 0) is 32.5 Å². The van der Waals surface area contributed by atoms with Gasteiger partial charge in [0.1, 0.15) is 0 Å². The van der Waals surface area contributed by atoms with Crippen molar-refractivity contribution in [1.82, 2.24) is 4.90 Å². The molecule has 0 radical (unpaired) electrons. The van der Waals surface area contributed by atoms with Crippen molar-refractivity contribution in [2.75, 3.05) is 26.7 Å². The topological polar surface area (TPSA) is 29.3 Å². The molecule has 0 aliphatic rings. The Labute approximate surface area is 76.1 Å². The van der Waals surface area contributed by atoms with E-state index in [4.69, 9.17) is 12.2 Å². The van der Waals surface area contributed by atoms with Gasteiger partial charge in [-0.15, -0.1) is 6.42 Å². The Kier molecular flexibility index (Phi) is 6.84. The molecular formula is C10H20N2. The minimum atomic E-state index is 0.658. The lowest BCUT2D eigenvalue weighted by Gasteiger charge is -2.17. The summed E-state index contributed by atoms with van der Waals surface area (Å²) in [7, 11) is 2.04. The molecule has 0 aromatic rings. The van der Waals surface area contributed by atoms with Crippen molar-refractivity contribution in [3.8, 4) is 12.3 Å². The fraction of sp³-hybridized carbons (Fsp3) is 0.800. The number of hydrogen-bond donors (Lipinski definition) is 1. The number of nitrogens with zero attached hydrogens (tertiary/aromatic N) is 1. The van der Waals surface area contributed by atoms with Crippen LogP contribution in [0.4, 0.5) is 0 Å². The fourth-order valence-electron chi connectivity index (χ4n) is 1.13. The maximum absolute atomic E-state index is 5.58. The summed E-state index contributed by atoms with van der Waals surface area (Å²) in [6.45, 7) is 4.76. The maximum atomic E-state index is 5.58. The van der Waals surface area contributed by atoms with Crippen molar-refractivity contribution in [3.05, 3.63) is 0 Å². The highest BCUT2D eigenvalue weighted by Gasteiger charge is 2.04. The van der Waals surface area contributed by atoms with E-state index in [1.165, 1.54) is 6.42 Å². The van der Waals surface area contributed by atoms with Gasteiger partial charge in [0.15, 0.2) is 0 Å². The molecule has 1 atom stereocenters. The highest BCUT2D eigenvalue weighted by atomic mass is 15.1. The molecule has 0 aromatic carbocycles. The van der Waals surface area contributed by atoms with Gasteiger partial charge >= 0.3 is 0 Å². The Bertz CT molecular complexity index is 133. The van der Waals surface area contributed by atoms with Gasteiger partial charge in [-0.3, -0.25) is 4.90 Å². The summed E-state index contributed by atoms with van der Waals surface area (Å²) in [6, 6.07) is 0. The van der Waals surface area contributed by atoms with Crippen LogP contribution in [0.3, 0.4) is 0 Å². The third kappa shape index (κ3) is 5.17. The quantitative estimate of drug-likeness (QED) is 0.598. The van der Waals surface area contributed by atoms with Crippen LogP contribution in [0.2, 0.25) is 0 Å². The molecule has 2 heteroatoms. The molecule has 0 spiro atoms. The summed E-state index contributed by atoms with van der Waals surface area (Å²) >= 11 is 0. The summed E-state index contributed by atoms with van der Waals surface area (Å²) in [5.74, 6) is 3.28. The van der Waals surface area contributed by atoms with E-state index in [9.17, 15) is 0 Å². The Morgan fingerprint density at radius 2 is 2.25 bits per heavy atom. The first kappa shape index (κ1) is 11.5. The lowest BCUT2D eigenvalue weighted by molar-refractivity contribution is 0.327. The van der Waals surface area contributed by atoms with E-state index in [2.05, 4.69) is 17.7 Å². The molecule has 0 aromatic heterocycles. The molecule has 0 saturated heterocycles. The molecule has 0 bridgehead atoms. The summed E-state index contributed by atoms with van der Waals surface area (Å²) < 4.78 is 0. The van der Waals surface area contributed by atoms with Crippen molar-refractivity contribution in [2.45, 2.75) is 19.8 Å². The molecule has 0 rings (SSSR count). The SMILES string of the molecule is C#CCN(C)CCC(CC)CN. The first-order valence-electron chi connectivity index (χ1n) is 4.56. The number of nitrogens with two attached hydrogens (primary N) is 1. The van der Waals surface area contributed by atoms with Crippen LogP contribution >= 0.6 is 0 Å². The second-order valence-electron chi connectivity index (χ2n) is 3.24. The second kappa shape index (κ2) is 7.15. The number of hydrogen-bond acceptors (Lipinski definition) is 2. The molecular weight excluding hydrogens is 148 g/mol. The summed E-state index contributed by atoms with van der Waals surface area (Å²) in [6.07, 6.45) is 7.51. The van der Waals surface area contributed by atoms with Gasteiger partial charge in [-0.25, -0.2) is 0 Å². The summed E-state index contributed by atoms with van der Waals surface area (Å²) in [5.41, 5.74) is 5.58. The van der Waals surface area contributed by atoms with Crippen LogP contribution < -0.4 is 5.73 Å². The van der Waals surface area contributed by atoms with E-state index in [1.54, 1.807) is 0 Å². The molecule has 1 unspecified atom stereocenters. The van der Waals surface area contributed by atoms with Gasteiger partial charge in [0.2, 0.25) is 0 Å². The van der Waals surface area contributed by atoms with Crippen LogP contribution in [0.15, 0.2) is 0 Å². The lowest BCUT2D eigenvalue weighted by Crippen LogP contribution is -2.24. The van der Waals surface area contributed by atoms with Crippen molar-refractivity contribution in [2.24, 2.45) is 11.7 Å². The average Bonchev–Trinajstić information content (AvgIpc) is 2.07. The van der Waals surface area contributed by atoms with Crippen molar-refractivity contribution < 1.29 is 0 Å². The molecule has 2 nitrogen and oxygen atoms in total. The van der Waals surface area contributed by atoms with E-state index in [1.807, 2.05) is 7.05 Å². The zero-order chi connectivity index (χ0) is 9.40. The van der Waals surface area contributed by atoms with E-state index in [-0.39, 0.29) is 0 Å². The monoisotopic (exact) mass is 168 g/mol. The molecule has 70 valence electrons. The van der Waals surface area contributed by atoms with E-state index in [0.29, 0.717) is 5.92 Å². The molecule has 12 heavy (non-hydrogen) atoms. The zero-order valence-electron chi connectivity index (χ0n) is 8.21. The first-order chi connectivity index (χ1) is 5.74. The van der Waals surface area contributed by atoms with Crippen LogP contribution in [0.5, 0.6) is 0 Å². The third-order valence-corrected chi connectivity index (χ3v) is 2.19. The Balaban J connectivity index is 3.45. The minimum Gasteiger partial charge on any atom is -0.330 e. The van der Waals surface area contributed by atoms with Gasteiger partial charge in [-0.2, -0.15) is 0 Å². The predicted octanol–water partition coefficient (Wildman–Crippen LogP) is 0.926. The van der Waals surface area contributed by atoms with Crippen LogP contribution in [-0.2, 0) is 0 Å². The van der Waals surface area contributed by atoms with Crippen molar-refractivity contribution >= 4 is 0 Å². The van der Waals surface area contributed by atoms with Crippen LogP contribution in [0.1, 0.15) is 19.8 Å². The van der Waals surface area contributed by atoms with Gasteiger partial charge in [0, 0.05) is 0 Å². The van der Waals surface area contributed by atoms with Crippen LogP contribution in [0, 0.1) is 18.3 Å². The maximum Gasteiger partial charge on any atom is 0.0596 e. The number of terminal acetylenes is 1. The highest BCUT2D eigenvalue weighted by molar-refractivity contribution is 4.87. The lowest BCUT2D eigenvalue weighted by atomic mass is 10.0. The molecule has 0 aliphatic carbocycles. The van der Waals surface area contributed by atoms with Gasteiger partial charge in [-0.1, -0.05) is 19.3 Å². The fourth-order valence-corrected chi connectivity index (χ4v) is 1.13. The molecule has 0 fully saturated rings. The van der Waals surface area contributed by atoms with Gasteiger partial charge < -0.3 is 5.73 Å². The average molecular weight is 168 g/mol. The molecule has 0 aliphatic heterocycles. The van der Waals surface area contributed by atoms with Crippen molar-refractivity contribution in [1.29, 1.82) is 0 Å². The second-order valence-corrected chi connectivity index (χ2v) is 3.24. The summed E-state index contributed by atoms with van der Waals surface area (Å²) in [4.78, 5) is 2.15.